The lowest BCUT2D eigenvalue weighted by Crippen LogP contribution is -2.50. The van der Waals surface area contributed by atoms with Crippen molar-refractivity contribution in [3.63, 3.8) is 0 Å². The number of halogens is 1. The molecule has 1 fully saturated rings. The van der Waals surface area contributed by atoms with E-state index in [4.69, 9.17) is 4.99 Å². The van der Waals surface area contributed by atoms with Crippen molar-refractivity contribution in [1.29, 1.82) is 0 Å². The zero-order chi connectivity index (χ0) is 32.3. The normalized spacial score (nSPS) is 21.4. The third-order valence-corrected chi connectivity index (χ3v) is 9.32. The second-order valence-electron chi connectivity index (χ2n) is 13.7. The molecular weight excluding hydrogens is 581 g/mol. The first-order valence-corrected chi connectivity index (χ1v) is 16.1. The zero-order valence-corrected chi connectivity index (χ0v) is 26.7. The number of tetrazole rings is 1. The van der Waals surface area contributed by atoms with Gasteiger partial charge in [0.15, 0.2) is 5.82 Å². The van der Waals surface area contributed by atoms with E-state index in [1.165, 1.54) is 17.7 Å². The number of carbonyl (C=O) groups excluding carboxylic acids is 1. The topological polar surface area (TPSA) is 119 Å². The summed E-state index contributed by atoms with van der Waals surface area (Å²) < 4.78 is 13.9. The van der Waals surface area contributed by atoms with E-state index >= 15 is 0 Å². The van der Waals surface area contributed by atoms with Crippen LogP contribution in [0.1, 0.15) is 106 Å². The number of aliphatic hydroxyl groups is 1. The van der Waals surface area contributed by atoms with Crippen LogP contribution in [0.2, 0.25) is 0 Å². The van der Waals surface area contributed by atoms with Crippen LogP contribution in [-0.4, -0.2) is 47.9 Å². The fourth-order valence-corrected chi connectivity index (χ4v) is 6.81. The first-order valence-electron chi connectivity index (χ1n) is 16.1. The number of H-pyrrole nitrogens is 1. The highest BCUT2D eigenvalue weighted by Crippen LogP contribution is 2.49. The zero-order valence-electron chi connectivity index (χ0n) is 26.7. The van der Waals surface area contributed by atoms with E-state index in [1.807, 2.05) is 35.2 Å². The van der Waals surface area contributed by atoms with Crippen LogP contribution in [0.15, 0.2) is 83.9 Å². The molecule has 0 saturated heterocycles. The van der Waals surface area contributed by atoms with Crippen LogP contribution in [0.4, 0.5) is 4.39 Å². The average molecular weight is 624 g/mol. The summed E-state index contributed by atoms with van der Waals surface area (Å²) in [6.45, 7) is 6.90. The van der Waals surface area contributed by atoms with Crippen LogP contribution in [0, 0.1) is 11.2 Å². The number of benzene rings is 3. The molecule has 1 amide bonds. The summed E-state index contributed by atoms with van der Waals surface area (Å²) in [4.78, 5) is 21.9. The molecule has 2 heterocycles. The molecule has 1 aliphatic carbocycles. The molecule has 46 heavy (non-hydrogen) atoms. The fourth-order valence-electron chi connectivity index (χ4n) is 6.81. The van der Waals surface area contributed by atoms with Crippen molar-refractivity contribution in [2.24, 2.45) is 10.4 Å². The summed E-state index contributed by atoms with van der Waals surface area (Å²) >= 11 is 0. The van der Waals surface area contributed by atoms with Crippen molar-refractivity contribution in [3.05, 3.63) is 113 Å². The maximum absolute atomic E-state index is 14.6. The maximum atomic E-state index is 14.6. The van der Waals surface area contributed by atoms with Gasteiger partial charge in [0.05, 0.1) is 12.6 Å². The Morgan fingerprint density at radius 1 is 1.00 bits per heavy atom. The molecule has 2 aliphatic rings. The Balaban J connectivity index is 1.33. The predicted octanol–water partition coefficient (Wildman–Crippen LogP) is 6.37. The van der Waals surface area contributed by atoms with Crippen LogP contribution in [-0.2, 0) is 11.3 Å². The molecule has 2 atom stereocenters. The second-order valence-corrected chi connectivity index (χ2v) is 13.7. The van der Waals surface area contributed by atoms with E-state index in [9.17, 15) is 14.3 Å². The Kier molecular flexibility index (Phi) is 9.11. The SMILES string of the molecule is CC(C)(C)CC[C@H](c1ccc(C(O)NCc2nn[nH]n2)cc1)N1C(=O)C(c2ccc(F)cc2)=NC12CCC(c1ccccc1)CC2. The number of rotatable bonds is 10. The van der Waals surface area contributed by atoms with E-state index in [0.717, 1.165) is 44.1 Å². The first-order chi connectivity index (χ1) is 22.1. The first kappa shape index (κ1) is 31.7. The lowest BCUT2D eigenvalue weighted by molar-refractivity contribution is -0.133. The van der Waals surface area contributed by atoms with E-state index in [-0.39, 0.29) is 29.7 Å². The van der Waals surface area contributed by atoms with Gasteiger partial charge in [-0.25, -0.2) is 4.39 Å². The van der Waals surface area contributed by atoms with Gasteiger partial charge in [-0.3, -0.25) is 15.1 Å². The molecule has 9 nitrogen and oxygen atoms in total. The van der Waals surface area contributed by atoms with E-state index in [0.29, 0.717) is 28.6 Å². The number of amides is 1. The Morgan fingerprint density at radius 3 is 2.30 bits per heavy atom. The Hall–Kier alpha value is -4.28. The number of hydrogen-bond acceptors (Lipinski definition) is 7. The number of aliphatic imine (C=N–C) groups is 1. The second kappa shape index (κ2) is 13.2. The van der Waals surface area contributed by atoms with Crippen molar-refractivity contribution in [2.75, 3.05) is 0 Å². The van der Waals surface area contributed by atoms with E-state index in [2.05, 4.69) is 71.0 Å². The van der Waals surface area contributed by atoms with Gasteiger partial charge in [-0.1, -0.05) is 80.6 Å². The van der Waals surface area contributed by atoms with Crippen LogP contribution >= 0.6 is 0 Å². The Morgan fingerprint density at radius 2 is 1.67 bits per heavy atom. The number of aliphatic hydroxyl groups excluding tert-OH is 1. The van der Waals surface area contributed by atoms with Gasteiger partial charge in [0.2, 0.25) is 0 Å². The smallest absolute Gasteiger partial charge is 0.275 e. The molecule has 240 valence electrons. The summed E-state index contributed by atoms with van der Waals surface area (Å²) in [6, 6.07) is 24.2. The summed E-state index contributed by atoms with van der Waals surface area (Å²) in [6.07, 6.45) is 4.03. The van der Waals surface area contributed by atoms with Crippen molar-refractivity contribution in [1.82, 2.24) is 30.8 Å². The van der Waals surface area contributed by atoms with Gasteiger partial charge in [0.25, 0.3) is 5.91 Å². The lowest BCUT2D eigenvalue weighted by atomic mass is 9.77. The minimum Gasteiger partial charge on any atom is -0.374 e. The number of carbonyl (C=O) groups is 1. The molecule has 3 N–H and O–H groups in total. The van der Waals surface area contributed by atoms with Crippen LogP contribution in [0.25, 0.3) is 0 Å². The molecule has 3 aromatic carbocycles. The van der Waals surface area contributed by atoms with Gasteiger partial charge in [-0.15, -0.1) is 10.2 Å². The number of aromatic amines is 1. The molecule has 1 spiro atoms. The van der Waals surface area contributed by atoms with Gasteiger partial charge in [0.1, 0.15) is 23.4 Å². The van der Waals surface area contributed by atoms with Crippen molar-refractivity contribution in [2.45, 2.75) is 89.7 Å². The van der Waals surface area contributed by atoms with Gasteiger partial charge >= 0.3 is 0 Å². The molecule has 0 radical (unpaired) electrons. The van der Waals surface area contributed by atoms with E-state index in [1.54, 1.807) is 12.1 Å². The van der Waals surface area contributed by atoms with Crippen molar-refractivity contribution in [3.8, 4) is 0 Å². The van der Waals surface area contributed by atoms with E-state index < -0.39 is 11.9 Å². The largest absolute Gasteiger partial charge is 0.374 e. The number of nitrogens with one attached hydrogen (secondary N) is 2. The minimum atomic E-state index is -0.929. The molecular formula is C36H42FN7O2. The molecule has 0 bridgehead atoms. The highest BCUT2D eigenvalue weighted by Gasteiger charge is 2.52. The highest BCUT2D eigenvalue weighted by molar-refractivity contribution is 6.46. The summed E-state index contributed by atoms with van der Waals surface area (Å²) in [7, 11) is 0. The Labute approximate surface area is 269 Å². The molecule has 1 saturated carbocycles. The van der Waals surface area contributed by atoms with Gasteiger partial charge in [0, 0.05) is 5.56 Å². The maximum Gasteiger partial charge on any atom is 0.275 e. The third-order valence-electron chi connectivity index (χ3n) is 9.32. The predicted molar refractivity (Wildman–Crippen MR) is 174 cm³/mol. The standard InChI is InChI=1S/C36H42FN7O2/c1-35(2,3)20-19-30(26-9-11-28(12-10-26)33(45)38-23-31-40-42-43-41-31)44-34(46)32(27-13-15-29(37)16-14-27)39-36(44)21-17-25(18-22-36)24-7-5-4-6-8-24/h4-16,25,30,33,38,45H,17-23H2,1-3H3,(H,40,41,42,43)/t25?,30-,33?,36?/m1/s1. The molecule has 10 heteroatoms. The number of nitrogens with zero attached hydrogens (tertiary/aromatic N) is 5. The molecule has 1 aliphatic heterocycles. The lowest BCUT2D eigenvalue weighted by Gasteiger charge is -2.46. The van der Waals surface area contributed by atoms with Crippen LogP contribution < -0.4 is 5.32 Å². The minimum absolute atomic E-state index is 0.0506. The summed E-state index contributed by atoms with van der Waals surface area (Å²) in [5.74, 6) is 0.397. The van der Waals surface area contributed by atoms with Gasteiger partial charge < -0.3 is 10.0 Å². The highest BCUT2D eigenvalue weighted by atomic mass is 19.1. The van der Waals surface area contributed by atoms with Crippen molar-refractivity contribution >= 4 is 11.6 Å². The summed E-state index contributed by atoms with van der Waals surface area (Å²) in [5, 5.41) is 27.6. The quantitative estimate of drug-likeness (QED) is 0.177. The Bertz CT molecular complexity index is 1630. The molecule has 1 aromatic heterocycles. The molecule has 4 aromatic rings. The van der Waals surface area contributed by atoms with Gasteiger partial charge in [-0.05, 0) is 90.8 Å². The number of aromatic nitrogens is 4. The molecule has 1 unspecified atom stereocenters. The molecule has 6 rings (SSSR count). The van der Waals surface area contributed by atoms with Crippen molar-refractivity contribution < 1.29 is 14.3 Å². The number of hydrogen-bond donors (Lipinski definition) is 3. The average Bonchev–Trinajstić information content (AvgIpc) is 3.68. The summed E-state index contributed by atoms with van der Waals surface area (Å²) in [5.41, 5.74) is 3.40. The fraction of sp³-hybridized carbons (Fsp3) is 0.417. The van der Waals surface area contributed by atoms with Crippen LogP contribution in [0.3, 0.4) is 0 Å². The third kappa shape index (κ3) is 6.93. The van der Waals surface area contributed by atoms with Gasteiger partial charge in [-0.2, -0.15) is 5.21 Å². The monoisotopic (exact) mass is 623 g/mol. The van der Waals surface area contributed by atoms with Crippen LogP contribution in [0.5, 0.6) is 0 Å².